The normalized spacial score (nSPS) is 20.5. The molecule has 3 aliphatic rings. The lowest BCUT2D eigenvalue weighted by Gasteiger charge is -2.42. The van der Waals surface area contributed by atoms with Crippen LogP contribution in [-0.2, 0) is 20.3 Å². The second kappa shape index (κ2) is 15.7. The van der Waals surface area contributed by atoms with Crippen molar-refractivity contribution in [3.05, 3.63) is 47.9 Å². The molecule has 1 amide bonds. The van der Waals surface area contributed by atoms with E-state index in [-0.39, 0.29) is 53.3 Å². The van der Waals surface area contributed by atoms with E-state index >= 15 is 4.39 Å². The van der Waals surface area contributed by atoms with E-state index in [1.54, 1.807) is 6.20 Å². The van der Waals surface area contributed by atoms with Gasteiger partial charge >= 0.3 is 12.1 Å². The number of aryl methyl sites for hydroxylation is 1. The topological polar surface area (TPSA) is 108 Å². The molecule has 3 aliphatic heterocycles. The number of hydrogen-bond donors (Lipinski definition) is 0. The quantitative estimate of drug-likeness (QED) is 0.114. The molecule has 56 heavy (non-hydrogen) atoms. The number of hydrogen-bond acceptors (Lipinski definition) is 10. The van der Waals surface area contributed by atoms with Crippen LogP contribution in [0.25, 0.3) is 32.9 Å². The van der Waals surface area contributed by atoms with Gasteiger partial charge in [0, 0.05) is 31.3 Å². The molecule has 0 saturated carbocycles. The Kier molecular flexibility index (Phi) is 11.3. The Balaban J connectivity index is 1.29. The van der Waals surface area contributed by atoms with E-state index in [4.69, 9.17) is 38.3 Å². The summed E-state index contributed by atoms with van der Waals surface area (Å²) in [5, 5.41) is 2.37. The Hall–Kier alpha value is -4.07. The van der Waals surface area contributed by atoms with E-state index in [0.717, 1.165) is 54.9 Å². The molecule has 2 bridgehead atoms. The highest BCUT2D eigenvalue weighted by Gasteiger charge is 2.45. The number of benzene rings is 2. The standard InChI is InChI=1S/C43H58FN5O6Si/c1-10-27-14-13-15-28-22-31(54-34-16-11-12-19-51-34)23-32(35(27)28)37-36(44)38-33(24-45-37)39(47-40(46-38)52-20-21-53-56(8,9)43(5,6)7)48-25-29-17-18-30(26-48)49(29)41(50)55-42(2,3)4/h13-15,22-24,29-30,34H,10-12,16-21,25-26H2,1-9H3. The van der Waals surface area contributed by atoms with Crippen LogP contribution >= 0.6 is 0 Å². The second-order valence-electron chi connectivity index (χ2n) is 17.9. The number of anilines is 1. The van der Waals surface area contributed by atoms with Gasteiger partial charge in [0.15, 0.2) is 20.4 Å². The van der Waals surface area contributed by atoms with E-state index in [9.17, 15) is 4.79 Å². The van der Waals surface area contributed by atoms with Crippen LogP contribution in [0.4, 0.5) is 15.0 Å². The first-order chi connectivity index (χ1) is 26.5. The molecule has 3 unspecified atom stereocenters. The van der Waals surface area contributed by atoms with E-state index in [2.05, 4.69) is 51.8 Å². The first-order valence-electron chi connectivity index (χ1n) is 20.3. The molecule has 2 aromatic heterocycles. The minimum absolute atomic E-state index is 0.0422. The molecular formula is C43H58FN5O6Si. The van der Waals surface area contributed by atoms with Crippen LogP contribution in [0.1, 0.15) is 86.1 Å². The number of nitrogens with zero attached hydrogens (tertiary/aromatic N) is 5. The summed E-state index contributed by atoms with van der Waals surface area (Å²) in [5.41, 5.74) is 1.39. The third kappa shape index (κ3) is 8.31. The van der Waals surface area contributed by atoms with Gasteiger partial charge in [0.25, 0.3) is 0 Å². The molecule has 4 aromatic rings. The average Bonchev–Trinajstić information content (AvgIpc) is 3.41. The second-order valence-corrected chi connectivity index (χ2v) is 22.7. The number of halogens is 1. The number of carbonyl (C=O) groups is 1. The highest BCUT2D eigenvalue weighted by molar-refractivity contribution is 6.74. The van der Waals surface area contributed by atoms with Crippen molar-refractivity contribution in [3.8, 4) is 23.0 Å². The van der Waals surface area contributed by atoms with Gasteiger partial charge in [0.1, 0.15) is 35.0 Å². The van der Waals surface area contributed by atoms with Gasteiger partial charge in [-0.3, -0.25) is 9.88 Å². The lowest BCUT2D eigenvalue weighted by Crippen LogP contribution is -2.57. The average molecular weight is 788 g/mol. The first kappa shape index (κ1) is 40.1. The summed E-state index contributed by atoms with van der Waals surface area (Å²) in [6, 6.07) is 9.89. The minimum atomic E-state index is -2.03. The van der Waals surface area contributed by atoms with Crippen LogP contribution in [0.15, 0.2) is 36.5 Å². The van der Waals surface area contributed by atoms with Crippen molar-refractivity contribution < 1.29 is 32.6 Å². The highest BCUT2D eigenvalue weighted by Crippen LogP contribution is 2.41. The molecule has 2 aromatic carbocycles. The van der Waals surface area contributed by atoms with Crippen LogP contribution in [0.2, 0.25) is 18.1 Å². The summed E-state index contributed by atoms with van der Waals surface area (Å²) in [4.78, 5) is 31.8. The van der Waals surface area contributed by atoms with Crippen LogP contribution in [0.3, 0.4) is 0 Å². The molecule has 0 N–H and O–H groups in total. The SMILES string of the molecule is CCc1cccc2cc(OC3CCCCO3)cc(-c3ncc4c(N5CC6CCC(C5)N6C(=O)OC(C)(C)C)nc(OCCO[Si](C)(C)C(C)(C)C)nc4c3F)c12. The molecule has 302 valence electrons. The van der Waals surface area contributed by atoms with Gasteiger partial charge < -0.3 is 28.3 Å². The van der Waals surface area contributed by atoms with Crippen molar-refractivity contribution in [1.29, 1.82) is 0 Å². The molecule has 3 saturated heterocycles. The molecule has 0 spiro atoms. The van der Waals surface area contributed by atoms with Gasteiger partial charge in [0.05, 0.1) is 30.7 Å². The van der Waals surface area contributed by atoms with Crippen molar-refractivity contribution in [3.63, 3.8) is 0 Å². The summed E-state index contributed by atoms with van der Waals surface area (Å²) in [6.45, 7) is 20.9. The van der Waals surface area contributed by atoms with Gasteiger partial charge in [-0.25, -0.2) is 9.18 Å². The predicted molar refractivity (Wildman–Crippen MR) is 220 cm³/mol. The van der Waals surface area contributed by atoms with Crippen LogP contribution in [0.5, 0.6) is 11.8 Å². The molecule has 0 radical (unpaired) electrons. The van der Waals surface area contributed by atoms with E-state index < -0.39 is 19.7 Å². The van der Waals surface area contributed by atoms with Crippen molar-refractivity contribution in [2.75, 3.05) is 37.8 Å². The molecule has 3 fully saturated rings. The number of pyridine rings is 1. The largest absolute Gasteiger partial charge is 0.465 e. The zero-order chi connectivity index (χ0) is 40.0. The van der Waals surface area contributed by atoms with Gasteiger partial charge in [-0.05, 0) is 99.5 Å². The van der Waals surface area contributed by atoms with Crippen molar-refractivity contribution in [1.82, 2.24) is 19.9 Å². The maximum atomic E-state index is 17.4. The number of fused-ring (bicyclic) bond motifs is 4. The molecule has 11 nitrogen and oxygen atoms in total. The summed E-state index contributed by atoms with van der Waals surface area (Å²) in [5.74, 6) is 0.559. The summed E-state index contributed by atoms with van der Waals surface area (Å²) in [7, 11) is -2.03. The smallest absolute Gasteiger partial charge is 0.410 e. The molecule has 7 rings (SSSR count). The predicted octanol–water partition coefficient (Wildman–Crippen LogP) is 9.44. The Morgan fingerprint density at radius 3 is 2.41 bits per heavy atom. The van der Waals surface area contributed by atoms with E-state index in [1.165, 1.54) is 0 Å². The Morgan fingerprint density at radius 1 is 1.00 bits per heavy atom. The number of carbonyl (C=O) groups excluding carboxylic acids is 1. The number of rotatable bonds is 10. The molecular weight excluding hydrogens is 730 g/mol. The van der Waals surface area contributed by atoms with Crippen molar-refractivity contribution in [2.45, 2.75) is 129 Å². The summed E-state index contributed by atoms with van der Waals surface area (Å²) in [6.07, 6.45) is 6.27. The van der Waals surface area contributed by atoms with Gasteiger partial charge in [0.2, 0.25) is 0 Å². The maximum Gasteiger partial charge on any atom is 0.410 e. The third-order valence-corrected chi connectivity index (χ3v) is 16.2. The van der Waals surface area contributed by atoms with Crippen LogP contribution in [-0.4, -0.2) is 91.1 Å². The minimum Gasteiger partial charge on any atom is -0.465 e. The Bertz CT molecular complexity index is 2060. The van der Waals surface area contributed by atoms with Crippen molar-refractivity contribution >= 4 is 41.9 Å². The number of piperazine rings is 1. The Labute approximate surface area is 331 Å². The van der Waals surface area contributed by atoms with E-state index in [1.807, 2.05) is 49.9 Å². The third-order valence-electron chi connectivity index (χ3n) is 11.7. The fraction of sp³-hybridized carbons (Fsp3) is 0.581. The molecule has 13 heteroatoms. The first-order valence-corrected chi connectivity index (χ1v) is 23.2. The van der Waals surface area contributed by atoms with Gasteiger partial charge in [-0.1, -0.05) is 45.9 Å². The number of amides is 1. The van der Waals surface area contributed by atoms with Gasteiger partial charge in [-0.15, -0.1) is 0 Å². The zero-order valence-corrected chi connectivity index (χ0v) is 35.5. The van der Waals surface area contributed by atoms with Crippen molar-refractivity contribution in [2.24, 2.45) is 0 Å². The fourth-order valence-corrected chi connectivity index (χ4v) is 8.86. The Morgan fingerprint density at radius 2 is 1.75 bits per heavy atom. The fourth-order valence-electron chi connectivity index (χ4n) is 7.83. The summed E-state index contributed by atoms with van der Waals surface area (Å²) >= 11 is 0. The number of ether oxygens (including phenoxy) is 4. The maximum absolute atomic E-state index is 17.4. The zero-order valence-electron chi connectivity index (χ0n) is 34.5. The molecule has 0 aliphatic carbocycles. The van der Waals surface area contributed by atoms with Crippen LogP contribution in [0, 0.1) is 5.82 Å². The molecule has 5 heterocycles. The van der Waals surface area contributed by atoms with Crippen LogP contribution < -0.4 is 14.4 Å². The van der Waals surface area contributed by atoms with E-state index in [0.29, 0.717) is 48.8 Å². The summed E-state index contributed by atoms with van der Waals surface area (Å²) < 4.78 is 48.0. The highest BCUT2D eigenvalue weighted by atomic mass is 28.4. The number of aromatic nitrogens is 3. The monoisotopic (exact) mass is 787 g/mol. The van der Waals surface area contributed by atoms with Gasteiger partial charge in [-0.2, -0.15) is 9.97 Å². The lowest BCUT2D eigenvalue weighted by atomic mass is 9.95. The molecule has 3 atom stereocenters. The lowest BCUT2D eigenvalue weighted by molar-refractivity contribution is -0.105.